The first-order chi connectivity index (χ1) is 14.0. The Morgan fingerprint density at radius 2 is 2.03 bits per heavy atom. The van der Waals surface area contributed by atoms with Gasteiger partial charge in [-0.05, 0) is 31.5 Å². The lowest BCUT2D eigenvalue weighted by molar-refractivity contribution is -0.116. The number of aryl methyl sites for hydroxylation is 2. The van der Waals surface area contributed by atoms with E-state index in [1.54, 1.807) is 17.0 Å². The fourth-order valence-electron chi connectivity index (χ4n) is 2.71. The van der Waals surface area contributed by atoms with E-state index in [-0.39, 0.29) is 23.6 Å². The predicted octanol–water partition coefficient (Wildman–Crippen LogP) is 3.19. The fraction of sp³-hybridized carbons (Fsp3) is 0.238. The van der Waals surface area contributed by atoms with Gasteiger partial charge in [0.25, 0.3) is 0 Å². The summed E-state index contributed by atoms with van der Waals surface area (Å²) in [6, 6.07) is 10.9. The predicted molar refractivity (Wildman–Crippen MR) is 113 cm³/mol. The summed E-state index contributed by atoms with van der Waals surface area (Å²) in [7, 11) is 1.43. The summed E-state index contributed by atoms with van der Waals surface area (Å²) in [5.41, 5.74) is 3.06. The molecule has 0 unspecified atom stereocenters. The lowest BCUT2D eigenvalue weighted by atomic mass is 10.2. The molecule has 29 heavy (non-hydrogen) atoms. The minimum Gasteiger partial charge on any atom is -0.491 e. The smallest absolute Gasteiger partial charge is 0.244 e. The van der Waals surface area contributed by atoms with Crippen LogP contribution < -0.4 is 15.5 Å². The summed E-state index contributed by atoms with van der Waals surface area (Å²) in [5.74, 6) is 0.442. The summed E-state index contributed by atoms with van der Waals surface area (Å²) in [5, 5.41) is 3.52. The summed E-state index contributed by atoms with van der Waals surface area (Å²) >= 11 is 1.40. The van der Waals surface area contributed by atoms with Crippen molar-refractivity contribution in [1.29, 1.82) is 0 Å². The quantitative estimate of drug-likeness (QED) is 0.476. The van der Waals surface area contributed by atoms with Crippen molar-refractivity contribution in [1.82, 2.24) is 14.5 Å². The van der Waals surface area contributed by atoms with Crippen LogP contribution in [0.5, 0.6) is 5.75 Å². The Morgan fingerprint density at radius 3 is 2.76 bits per heavy atom. The number of benzene rings is 1. The molecule has 1 amide bonds. The SMILES string of the molecule is COc1cn(CC(=O)Nc2ccccc2C)c(CSc2nccc(C)n2)cc1=O. The van der Waals surface area contributed by atoms with Crippen molar-refractivity contribution in [2.45, 2.75) is 31.3 Å². The van der Waals surface area contributed by atoms with E-state index in [0.717, 1.165) is 16.9 Å². The number of hydrogen-bond donors (Lipinski definition) is 1. The zero-order chi connectivity index (χ0) is 20.8. The molecular weight excluding hydrogens is 388 g/mol. The van der Waals surface area contributed by atoms with Gasteiger partial charge in [-0.25, -0.2) is 9.97 Å². The van der Waals surface area contributed by atoms with E-state index in [1.807, 2.05) is 44.2 Å². The molecule has 0 aliphatic heterocycles. The van der Waals surface area contributed by atoms with Gasteiger partial charge in [-0.2, -0.15) is 0 Å². The van der Waals surface area contributed by atoms with Gasteiger partial charge in [-0.1, -0.05) is 30.0 Å². The van der Waals surface area contributed by atoms with Crippen LogP contribution in [0, 0.1) is 13.8 Å². The molecule has 150 valence electrons. The van der Waals surface area contributed by atoms with Crippen LogP contribution in [-0.2, 0) is 17.1 Å². The zero-order valence-electron chi connectivity index (χ0n) is 16.5. The molecule has 0 radical (unpaired) electrons. The van der Waals surface area contributed by atoms with E-state index in [0.29, 0.717) is 16.6 Å². The first-order valence-electron chi connectivity index (χ1n) is 9.01. The summed E-state index contributed by atoms with van der Waals surface area (Å²) in [4.78, 5) is 33.4. The molecule has 3 aromatic rings. The molecule has 0 bridgehead atoms. The van der Waals surface area contributed by atoms with Crippen LogP contribution in [-0.4, -0.2) is 27.6 Å². The zero-order valence-corrected chi connectivity index (χ0v) is 17.3. The van der Waals surface area contributed by atoms with Gasteiger partial charge in [0.2, 0.25) is 11.3 Å². The third-order valence-electron chi connectivity index (χ3n) is 4.26. The maximum atomic E-state index is 12.6. The Kier molecular flexibility index (Phi) is 6.66. The normalized spacial score (nSPS) is 10.6. The largest absolute Gasteiger partial charge is 0.491 e. The van der Waals surface area contributed by atoms with E-state index >= 15 is 0 Å². The number of methoxy groups -OCH3 is 1. The fourth-order valence-corrected chi connectivity index (χ4v) is 3.58. The van der Waals surface area contributed by atoms with E-state index < -0.39 is 0 Å². The van der Waals surface area contributed by atoms with Crippen molar-refractivity contribution in [3.05, 3.63) is 76.0 Å². The van der Waals surface area contributed by atoms with Crippen LogP contribution in [0.25, 0.3) is 0 Å². The van der Waals surface area contributed by atoms with Gasteiger partial charge in [-0.15, -0.1) is 0 Å². The van der Waals surface area contributed by atoms with Gasteiger partial charge in [0.15, 0.2) is 10.9 Å². The number of carbonyl (C=O) groups excluding carboxylic acids is 1. The number of amides is 1. The maximum Gasteiger partial charge on any atom is 0.244 e. The highest BCUT2D eigenvalue weighted by molar-refractivity contribution is 7.98. The van der Waals surface area contributed by atoms with Crippen LogP contribution in [0.3, 0.4) is 0 Å². The molecule has 1 aromatic carbocycles. The minimum absolute atomic E-state index is 0.0511. The van der Waals surface area contributed by atoms with Crippen LogP contribution in [0.4, 0.5) is 5.69 Å². The number of carbonyl (C=O) groups is 1. The van der Waals surface area contributed by atoms with E-state index in [4.69, 9.17) is 4.74 Å². The van der Waals surface area contributed by atoms with Crippen molar-refractivity contribution in [3.8, 4) is 5.75 Å². The molecule has 0 aliphatic carbocycles. The van der Waals surface area contributed by atoms with Crippen LogP contribution in [0.15, 0.2) is 58.7 Å². The Balaban J connectivity index is 1.81. The lowest BCUT2D eigenvalue weighted by Crippen LogP contribution is -2.23. The average Bonchev–Trinajstić information content (AvgIpc) is 2.69. The van der Waals surface area contributed by atoms with Crippen molar-refractivity contribution < 1.29 is 9.53 Å². The Hall–Kier alpha value is -3.13. The monoisotopic (exact) mass is 410 g/mol. The molecule has 8 heteroatoms. The number of para-hydroxylation sites is 1. The number of pyridine rings is 1. The number of nitrogens with one attached hydrogen (secondary N) is 1. The van der Waals surface area contributed by atoms with Gasteiger partial charge < -0.3 is 14.6 Å². The molecule has 0 atom stereocenters. The molecule has 1 N–H and O–H groups in total. The molecule has 2 heterocycles. The molecule has 0 spiro atoms. The molecule has 0 aliphatic rings. The number of rotatable bonds is 7. The second-order valence-electron chi connectivity index (χ2n) is 6.46. The standard InChI is InChI=1S/C21H22N4O3S/c1-14-6-4-5-7-17(14)24-20(27)12-25-11-19(28-3)18(26)10-16(25)13-29-21-22-9-8-15(2)23-21/h4-11H,12-13H2,1-3H3,(H,24,27). The molecule has 2 aromatic heterocycles. The number of anilines is 1. The second kappa shape index (κ2) is 9.38. The molecular formula is C21H22N4O3S. The Morgan fingerprint density at radius 1 is 1.24 bits per heavy atom. The summed E-state index contributed by atoms with van der Waals surface area (Å²) in [6.45, 7) is 3.88. The number of thioether (sulfide) groups is 1. The first-order valence-corrected chi connectivity index (χ1v) is 10.00. The van der Waals surface area contributed by atoms with E-state index in [1.165, 1.54) is 24.9 Å². The number of aromatic nitrogens is 3. The van der Waals surface area contributed by atoms with E-state index in [9.17, 15) is 9.59 Å². The molecule has 3 rings (SSSR count). The summed E-state index contributed by atoms with van der Waals surface area (Å²) < 4.78 is 6.86. The second-order valence-corrected chi connectivity index (χ2v) is 7.40. The van der Waals surface area contributed by atoms with Crippen molar-refractivity contribution >= 4 is 23.4 Å². The lowest BCUT2D eigenvalue weighted by Gasteiger charge is -2.15. The molecule has 0 saturated carbocycles. The number of ether oxygens (including phenoxy) is 1. The average molecular weight is 410 g/mol. The van der Waals surface area contributed by atoms with Gasteiger partial charge in [0, 0.05) is 35.1 Å². The summed E-state index contributed by atoms with van der Waals surface area (Å²) in [6.07, 6.45) is 3.26. The number of hydrogen-bond acceptors (Lipinski definition) is 6. The maximum absolute atomic E-state index is 12.6. The highest BCUT2D eigenvalue weighted by Gasteiger charge is 2.12. The highest BCUT2D eigenvalue weighted by Crippen LogP contribution is 2.20. The van der Waals surface area contributed by atoms with Gasteiger partial charge in [0.05, 0.1) is 13.3 Å². The van der Waals surface area contributed by atoms with Crippen molar-refractivity contribution in [3.63, 3.8) is 0 Å². The van der Waals surface area contributed by atoms with Gasteiger partial charge in [0.1, 0.15) is 6.54 Å². The van der Waals surface area contributed by atoms with Crippen LogP contribution in [0.1, 0.15) is 17.0 Å². The Bertz CT molecular complexity index is 1080. The van der Waals surface area contributed by atoms with Gasteiger partial charge >= 0.3 is 0 Å². The molecule has 0 fully saturated rings. The first kappa shape index (κ1) is 20.6. The highest BCUT2D eigenvalue weighted by atomic mass is 32.2. The number of nitrogens with zero attached hydrogens (tertiary/aromatic N) is 3. The van der Waals surface area contributed by atoms with Crippen molar-refractivity contribution in [2.24, 2.45) is 0 Å². The van der Waals surface area contributed by atoms with Crippen LogP contribution >= 0.6 is 11.8 Å². The molecule has 0 saturated heterocycles. The van der Waals surface area contributed by atoms with Gasteiger partial charge in [-0.3, -0.25) is 9.59 Å². The third-order valence-corrected chi connectivity index (χ3v) is 5.15. The minimum atomic E-state index is -0.233. The molecule has 7 nitrogen and oxygen atoms in total. The van der Waals surface area contributed by atoms with E-state index in [2.05, 4.69) is 15.3 Å². The Labute approximate surface area is 173 Å². The topological polar surface area (TPSA) is 86.1 Å². The third kappa shape index (κ3) is 5.45. The van der Waals surface area contributed by atoms with Crippen LogP contribution in [0.2, 0.25) is 0 Å². The van der Waals surface area contributed by atoms with Crippen molar-refractivity contribution in [2.75, 3.05) is 12.4 Å².